The van der Waals surface area contributed by atoms with E-state index in [1.807, 2.05) is 0 Å². The minimum atomic E-state index is -1.51. The van der Waals surface area contributed by atoms with E-state index in [1.54, 1.807) is 6.08 Å². The third-order valence-corrected chi connectivity index (χ3v) is 2.97. The molecule has 0 N–H and O–H groups in total. The molecule has 1 unspecified atom stereocenters. The monoisotopic (exact) mass is 321 g/mol. The van der Waals surface area contributed by atoms with E-state index in [4.69, 9.17) is 4.74 Å². The quantitative estimate of drug-likeness (QED) is 0.252. The van der Waals surface area contributed by atoms with E-state index in [0.29, 0.717) is 12.8 Å². The highest BCUT2D eigenvalue weighted by molar-refractivity contribution is 5.84. The van der Waals surface area contributed by atoms with Gasteiger partial charge < -0.3 is 4.74 Å². The summed E-state index contributed by atoms with van der Waals surface area (Å²) >= 11 is 0. The van der Waals surface area contributed by atoms with Crippen LogP contribution in [-0.4, -0.2) is 23.0 Å². The van der Waals surface area contributed by atoms with Crippen molar-refractivity contribution in [1.29, 1.82) is 0 Å². The summed E-state index contributed by atoms with van der Waals surface area (Å²) in [4.78, 5) is 40.5. The molecule has 0 spiro atoms. The molecule has 2 rings (SSSR count). The van der Waals surface area contributed by atoms with Crippen LogP contribution in [0.1, 0.15) is 19.3 Å². The van der Waals surface area contributed by atoms with Crippen molar-refractivity contribution in [2.45, 2.75) is 25.5 Å². The van der Waals surface area contributed by atoms with Crippen LogP contribution in [0.3, 0.4) is 0 Å². The molecule has 1 aromatic rings. The van der Waals surface area contributed by atoms with Crippen LogP contribution in [0, 0.1) is 15.9 Å². The smallest absolute Gasteiger partial charge is 0.310 e. The van der Waals surface area contributed by atoms with Gasteiger partial charge in [-0.1, -0.05) is 6.08 Å². The SMILES string of the molecule is C=CCCCC(=O)OC1N=c2cc([N+](=O)[O-])c(F)cc2=NC1=O. The lowest BCUT2D eigenvalue weighted by atomic mass is 10.2. The molecule has 1 aliphatic heterocycles. The number of fused-ring (bicyclic) bond motifs is 1. The molecule has 8 nitrogen and oxygen atoms in total. The number of hydrogen-bond acceptors (Lipinski definition) is 6. The number of nitro groups is 1. The van der Waals surface area contributed by atoms with Gasteiger partial charge in [0.05, 0.1) is 15.6 Å². The summed E-state index contributed by atoms with van der Waals surface area (Å²) in [5.41, 5.74) is -0.798. The molecule has 0 aromatic heterocycles. The van der Waals surface area contributed by atoms with Crippen LogP contribution in [-0.2, 0) is 14.3 Å². The number of nitrogens with zero attached hydrogens (tertiary/aromatic N) is 3. The van der Waals surface area contributed by atoms with E-state index in [1.165, 1.54) is 0 Å². The number of rotatable bonds is 6. The Morgan fingerprint density at radius 1 is 1.48 bits per heavy atom. The second kappa shape index (κ2) is 6.86. The molecule has 1 amide bonds. The van der Waals surface area contributed by atoms with Crippen LogP contribution in [0.25, 0.3) is 0 Å². The predicted octanol–water partition coefficient (Wildman–Crippen LogP) is 0.739. The van der Waals surface area contributed by atoms with E-state index < -0.39 is 34.5 Å². The molecule has 0 saturated heterocycles. The fraction of sp³-hybridized carbons (Fsp3) is 0.286. The Morgan fingerprint density at radius 3 is 2.87 bits per heavy atom. The molecule has 1 aromatic carbocycles. The predicted molar refractivity (Wildman–Crippen MR) is 74.3 cm³/mol. The van der Waals surface area contributed by atoms with Gasteiger partial charge in [0, 0.05) is 18.6 Å². The Labute approximate surface area is 129 Å². The van der Waals surface area contributed by atoms with Crippen LogP contribution in [0.2, 0.25) is 0 Å². The molecular weight excluding hydrogens is 309 g/mol. The first kappa shape index (κ1) is 16.4. The maximum atomic E-state index is 13.5. The van der Waals surface area contributed by atoms with E-state index in [-0.39, 0.29) is 17.1 Å². The number of ether oxygens (including phenoxy) is 1. The van der Waals surface area contributed by atoms with Crippen molar-refractivity contribution in [3.8, 4) is 0 Å². The van der Waals surface area contributed by atoms with Gasteiger partial charge in [-0.05, 0) is 12.8 Å². The fourth-order valence-corrected chi connectivity index (χ4v) is 1.88. The lowest BCUT2D eigenvalue weighted by molar-refractivity contribution is -0.387. The first-order chi connectivity index (χ1) is 10.9. The molecule has 0 radical (unpaired) electrons. The van der Waals surface area contributed by atoms with Crippen molar-refractivity contribution in [3.05, 3.63) is 51.4 Å². The fourth-order valence-electron chi connectivity index (χ4n) is 1.88. The maximum absolute atomic E-state index is 13.5. The molecule has 1 aliphatic rings. The van der Waals surface area contributed by atoms with E-state index in [2.05, 4.69) is 16.6 Å². The average molecular weight is 321 g/mol. The first-order valence-corrected chi connectivity index (χ1v) is 6.67. The summed E-state index contributed by atoms with van der Waals surface area (Å²) in [6, 6.07) is 1.59. The van der Waals surface area contributed by atoms with Crippen molar-refractivity contribution in [2.24, 2.45) is 9.98 Å². The number of allylic oxidation sites excluding steroid dienone is 1. The average Bonchev–Trinajstić information content (AvgIpc) is 2.48. The van der Waals surface area contributed by atoms with Crippen molar-refractivity contribution < 1.29 is 23.6 Å². The summed E-state index contributed by atoms with van der Waals surface area (Å²) in [5, 5.41) is 10.5. The molecule has 0 saturated carbocycles. The summed E-state index contributed by atoms with van der Waals surface area (Å²) < 4.78 is 18.4. The van der Waals surface area contributed by atoms with Crippen LogP contribution in [0.15, 0.2) is 34.8 Å². The number of benzene rings is 1. The standard InChI is InChI=1S/C14H12FN3O5/c1-2-3-4-5-12(19)23-14-13(20)16-9-6-8(15)11(18(21)22)7-10(9)17-14/h2,6-7,14H,1,3-5H2. The van der Waals surface area contributed by atoms with Gasteiger partial charge in [0.25, 0.3) is 6.23 Å². The van der Waals surface area contributed by atoms with Crippen molar-refractivity contribution >= 4 is 17.6 Å². The molecule has 0 fully saturated rings. The Balaban J connectivity index is 2.26. The minimum absolute atomic E-state index is 0.0712. The molecule has 23 heavy (non-hydrogen) atoms. The number of unbranched alkanes of at least 4 members (excludes halogenated alkanes) is 1. The third kappa shape index (κ3) is 3.82. The second-order valence-electron chi connectivity index (χ2n) is 4.65. The third-order valence-electron chi connectivity index (χ3n) is 2.97. The number of esters is 1. The van der Waals surface area contributed by atoms with Crippen LogP contribution < -0.4 is 10.7 Å². The summed E-state index contributed by atoms with van der Waals surface area (Å²) in [7, 11) is 0. The Kier molecular flexibility index (Phi) is 4.89. The van der Waals surface area contributed by atoms with Crippen molar-refractivity contribution in [1.82, 2.24) is 0 Å². The number of halogens is 1. The van der Waals surface area contributed by atoms with Gasteiger partial charge in [0.1, 0.15) is 0 Å². The Bertz CT molecular complexity index is 805. The minimum Gasteiger partial charge on any atom is -0.430 e. The lowest BCUT2D eigenvalue weighted by Crippen LogP contribution is -2.39. The highest BCUT2D eigenvalue weighted by atomic mass is 19.1. The number of carbonyl (C=O) groups is 2. The molecule has 120 valence electrons. The second-order valence-corrected chi connectivity index (χ2v) is 4.65. The zero-order valence-corrected chi connectivity index (χ0v) is 11.9. The van der Waals surface area contributed by atoms with Gasteiger partial charge in [-0.3, -0.25) is 19.7 Å². The van der Waals surface area contributed by atoms with E-state index in [9.17, 15) is 24.1 Å². The van der Waals surface area contributed by atoms with Gasteiger partial charge in [0.15, 0.2) is 0 Å². The largest absolute Gasteiger partial charge is 0.430 e. The normalized spacial score (nSPS) is 15.9. The van der Waals surface area contributed by atoms with E-state index in [0.717, 1.165) is 12.1 Å². The molecular formula is C14H12FN3O5. The number of amides is 1. The van der Waals surface area contributed by atoms with Gasteiger partial charge in [-0.25, -0.2) is 9.98 Å². The van der Waals surface area contributed by atoms with Gasteiger partial charge in [0.2, 0.25) is 5.82 Å². The number of nitro benzene ring substituents is 1. The van der Waals surface area contributed by atoms with Gasteiger partial charge >= 0.3 is 17.6 Å². The maximum Gasteiger partial charge on any atom is 0.310 e. The topological polar surface area (TPSA) is 111 Å². The van der Waals surface area contributed by atoms with Gasteiger partial charge in [-0.2, -0.15) is 4.39 Å². The van der Waals surface area contributed by atoms with Crippen molar-refractivity contribution in [3.63, 3.8) is 0 Å². The Morgan fingerprint density at radius 2 is 2.22 bits per heavy atom. The highest BCUT2D eigenvalue weighted by Crippen LogP contribution is 2.12. The summed E-state index contributed by atoms with van der Waals surface area (Å²) in [6.45, 7) is 3.51. The molecule has 9 heteroatoms. The molecule has 1 heterocycles. The molecule has 0 bridgehead atoms. The van der Waals surface area contributed by atoms with Crippen molar-refractivity contribution in [2.75, 3.05) is 0 Å². The molecule has 1 atom stereocenters. The molecule has 0 aliphatic carbocycles. The van der Waals surface area contributed by atoms with Crippen LogP contribution >= 0.6 is 0 Å². The first-order valence-electron chi connectivity index (χ1n) is 6.67. The van der Waals surface area contributed by atoms with Gasteiger partial charge in [-0.15, -0.1) is 6.58 Å². The highest BCUT2D eigenvalue weighted by Gasteiger charge is 2.25. The van der Waals surface area contributed by atoms with Crippen LogP contribution in [0.4, 0.5) is 10.1 Å². The Hall–Kier alpha value is -2.97. The zero-order valence-electron chi connectivity index (χ0n) is 11.9. The zero-order chi connectivity index (χ0) is 17.0. The van der Waals surface area contributed by atoms with Crippen LogP contribution in [0.5, 0.6) is 0 Å². The van der Waals surface area contributed by atoms with E-state index >= 15 is 0 Å². The number of carbonyl (C=O) groups excluding carboxylic acids is 2. The lowest BCUT2D eigenvalue weighted by Gasteiger charge is -2.12. The summed E-state index contributed by atoms with van der Waals surface area (Å²) in [5.74, 6) is -2.65. The summed E-state index contributed by atoms with van der Waals surface area (Å²) in [6.07, 6.45) is 1.32. The number of hydrogen-bond donors (Lipinski definition) is 0.